The summed E-state index contributed by atoms with van der Waals surface area (Å²) < 4.78 is 63.5. The number of hydrogen-bond acceptors (Lipinski definition) is 10. The van der Waals surface area contributed by atoms with Crippen LogP contribution < -0.4 is 0 Å². The van der Waals surface area contributed by atoms with Crippen molar-refractivity contribution < 1.29 is 47.4 Å². The summed E-state index contributed by atoms with van der Waals surface area (Å²) in [4.78, 5) is 0. The SMILES string of the molecule is C1CCC(OCC(OC2CCCO2)C(OC2CCCO2)C(CC2CCCO2)C(COC2CCCO2)OC2CCCO2)C1. The lowest BCUT2D eigenvalue weighted by Crippen LogP contribution is -2.51. The Labute approximate surface area is 251 Å². The summed E-state index contributed by atoms with van der Waals surface area (Å²) in [6, 6.07) is 0. The van der Waals surface area contributed by atoms with Crippen LogP contribution in [0.15, 0.2) is 0 Å². The Kier molecular flexibility index (Phi) is 12.6. The van der Waals surface area contributed by atoms with Gasteiger partial charge in [0.05, 0.1) is 37.6 Å². The molecule has 5 heterocycles. The molecule has 0 bridgehead atoms. The first kappa shape index (κ1) is 31.6. The smallest absolute Gasteiger partial charge is 0.158 e. The van der Waals surface area contributed by atoms with Crippen molar-refractivity contribution in [2.24, 2.45) is 5.92 Å². The lowest BCUT2D eigenvalue weighted by atomic mass is 9.86. The first-order valence-electron chi connectivity index (χ1n) is 17.1. The van der Waals surface area contributed by atoms with Crippen molar-refractivity contribution in [3.63, 3.8) is 0 Å². The van der Waals surface area contributed by atoms with Gasteiger partial charge in [0.2, 0.25) is 0 Å². The second kappa shape index (κ2) is 16.8. The largest absolute Gasteiger partial charge is 0.378 e. The molecule has 6 aliphatic rings. The quantitative estimate of drug-likeness (QED) is 0.231. The van der Waals surface area contributed by atoms with E-state index in [0.29, 0.717) is 19.8 Å². The van der Waals surface area contributed by atoms with Gasteiger partial charge in [-0.1, -0.05) is 12.8 Å². The first-order chi connectivity index (χ1) is 20.8. The second-order valence-electron chi connectivity index (χ2n) is 12.8. The Bertz CT molecular complexity index is 674. The molecular weight excluding hydrogens is 544 g/mol. The van der Waals surface area contributed by atoms with Crippen molar-refractivity contribution in [3.05, 3.63) is 0 Å². The highest BCUT2D eigenvalue weighted by molar-refractivity contribution is 4.90. The van der Waals surface area contributed by atoms with Crippen LogP contribution >= 0.6 is 0 Å². The maximum atomic E-state index is 6.94. The Hall–Kier alpha value is -0.400. The molecule has 9 atom stereocenters. The summed E-state index contributed by atoms with van der Waals surface area (Å²) in [5, 5.41) is 0. The van der Waals surface area contributed by atoms with Gasteiger partial charge in [-0.2, -0.15) is 0 Å². The molecule has 1 saturated carbocycles. The van der Waals surface area contributed by atoms with E-state index in [1.807, 2.05) is 0 Å². The molecule has 10 nitrogen and oxygen atoms in total. The minimum Gasteiger partial charge on any atom is -0.378 e. The molecular formula is C32H54O10. The van der Waals surface area contributed by atoms with E-state index in [-0.39, 0.29) is 61.6 Å². The molecule has 1 aliphatic carbocycles. The number of ether oxygens (including phenoxy) is 10. The molecule has 42 heavy (non-hydrogen) atoms. The molecule has 0 radical (unpaired) electrons. The molecule has 6 fully saturated rings. The van der Waals surface area contributed by atoms with Crippen molar-refractivity contribution in [2.75, 3.05) is 46.2 Å². The van der Waals surface area contributed by atoms with E-state index >= 15 is 0 Å². The maximum Gasteiger partial charge on any atom is 0.158 e. The van der Waals surface area contributed by atoms with Gasteiger partial charge in [0.15, 0.2) is 25.2 Å². The zero-order valence-corrected chi connectivity index (χ0v) is 25.4. The molecule has 0 spiro atoms. The third-order valence-electron chi connectivity index (χ3n) is 9.58. The fourth-order valence-electron chi connectivity index (χ4n) is 7.27. The van der Waals surface area contributed by atoms with Gasteiger partial charge in [-0.25, -0.2) is 0 Å². The number of rotatable bonds is 17. The van der Waals surface area contributed by atoms with Crippen molar-refractivity contribution in [2.45, 2.75) is 152 Å². The Morgan fingerprint density at radius 1 is 0.476 bits per heavy atom. The van der Waals surface area contributed by atoms with Gasteiger partial charge >= 0.3 is 0 Å². The molecule has 10 heteroatoms. The Balaban J connectivity index is 1.27. The normalized spacial score (nSPS) is 35.3. The standard InChI is InChI=1S/C32H54O10/c1-2-9-23(8-1)38-22-27(41-30-13-6-18-36-30)32(42-31-14-7-19-37-31)25(20-24-10-3-15-33-24)26(40-29-12-5-17-35-29)21-39-28-11-4-16-34-28/h23-32H,1-22H2. The highest BCUT2D eigenvalue weighted by Crippen LogP contribution is 2.35. The highest BCUT2D eigenvalue weighted by atomic mass is 16.7. The van der Waals surface area contributed by atoms with Gasteiger partial charge in [0.1, 0.15) is 6.10 Å². The molecule has 0 N–H and O–H groups in total. The summed E-state index contributed by atoms with van der Waals surface area (Å²) in [6.45, 7) is 4.52. The molecule has 6 rings (SSSR count). The van der Waals surface area contributed by atoms with Crippen molar-refractivity contribution in [3.8, 4) is 0 Å². The molecule has 5 aliphatic heterocycles. The topological polar surface area (TPSA) is 92.3 Å². The van der Waals surface area contributed by atoms with E-state index in [2.05, 4.69) is 0 Å². The Morgan fingerprint density at radius 2 is 1.00 bits per heavy atom. The average Bonchev–Trinajstić information content (AvgIpc) is 3.86. The van der Waals surface area contributed by atoms with E-state index in [0.717, 1.165) is 110 Å². The monoisotopic (exact) mass is 598 g/mol. The predicted molar refractivity (Wildman–Crippen MR) is 152 cm³/mol. The van der Waals surface area contributed by atoms with E-state index in [1.165, 1.54) is 12.8 Å². The van der Waals surface area contributed by atoms with Crippen LogP contribution in [0.2, 0.25) is 0 Å². The van der Waals surface area contributed by atoms with Gasteiger partial charge in [0.25, 0.3) is 0 Å². The van der Waals surface area contributed by atoms with Crippen LogP contribution in [0.5, 0.6) is 0 Å². The van der Waals surface area contributed by atoms with Gasteiger partial charge < -0.3 is 47.4 Å². The zero-order chi connectivity index (χ0) is 28.4. The van der Waals surface area contributed by atoms with Crippen LogP contribution in [0, 0.1) is 5.92 Å². The predicted octanol–water partition coefficient (Wildman–Crippen LogP) is 4.85. The Morgan fingerprint density at radius 3 is 1.57 bits per heavy atom. The van der Waals surface area contributed by atoms with Gasteiger partial charge in [-0.3, -0.25) is 0 Å². The molecule has 0 aromatic carbocycles. The van der Waals surface area contributed by atoms with Crippen LogP contribution in [0.4, 0.5) is 0 Å². The molecule has 0 aromatic heterocycles. The second-order valence-corrected chi connectivity index (χ2v) is 12.8. The molecule has 0 aromatic rings. The average molecular weight is 599 g/mol. The van der Waals surface area contributed by atoms with Crippen molar-refractivity contribution in [1.29, 1.82) is 0 Å². The zero-order valence-electron chi connectivity index (χ0n) is 25.4. The lowest BCUT2D eigenvalue weighted by molar-refractivity contribution is -0.265. The first-order valence-corrected chi connectivity index (χ1v) is 17.1. The minimum atomic E-state index is -0.359. The minimum absolute atomic E-state index is 0.0958. The van der Waals surface area contributed by atoms with E-state index in [9.17, 15) is 0 Å². The molecule has 242 valence electrons. The van der Waals surface area contributed by atoms with Gasteiger partial charge in [-0.15, -0.1) is 0 Å². The van der Waals surface area contributed by atoms with Crippen LogP contribution in [0.1, 0.15) is 96.3 Å². The fraction of sp³-hybridized carbons (Fsp3) is 1.00. The number of hydrogen-bond donors (Lipinski definition) is 0. The van der Waals surface area contributed by atoms with E-state index in [1.54, 1.807) is 0 Å². The van der Waals surface area contributed by atoms with Gasteiger partial charge in [0, 0.05) is 64.6 Å². The maximum absolute atomic E-state index is 6.94. The molecule has 9 unspecified atom stereocenters. The third kappa shape index (κ3) is 9.31. The van der Waals surface area contributed by atoms with Crippen LogP contribution in [-0.2, 0) is 47.4 Å². The summed E-state index contributed by atoms with van der Waals surface area (Å²) in [7, 11) is 0. The van der Waals surface area contributed by atoms with Crippen LogP contribution in [-0.4, -0.2) is 102 Å². The molecule has 0 amide bonds. The highest BCUT2D eigenvalue weighted by Gasteiger charge is 2.44. The van der Waals surface area contributed by atoms with Crippen LogP contribution in [0.3, 0.4) is 0 Å². The van der Waals surface area contributed by atoms with Crippen LogP contribution in [0.25, 0.3) is 0 Å². The summed E-state index contributed by atoms with van der Waals surface area (Å²) >= 11 is 0. The lowest BCUT2D eigenvalue weighted by Gasteiger charge is -2.41. The summed E-state index contributed by atoms with van der Waals surface area (Å²) in [5.41, 5.74) is 0. The van der Waals surface area contributed by atoms with E-state index in [4.69, 9.17) is 47.4 Å². The third-order valence-corrected chi connectivity index (χ3v) is 9.58. The van der Waals surface area contributed by atoms with Crippen molar-refractivity contribution >= 4 is 0 Å². The molecule has 5 saturated heterocycles. The van der Waals surface area contributed by atoms with Crippen molar-refractivity contribution in [1.82, 2.24) is 0 Å². The fourth-order valence-corrected chi connectivity index (χ4v) is 7.27. The van der Waals surface area contributed by atoms with E-state index < -0.39 is 0 Å². The summed E-state index contributed by atoms with van der Waals surface area (Å²) in [6.07, 6.45) is 13.4. The van der Waals surface area contributed by atoms with Gasteiger partial charge in [-0.05, 0) is 57.8 Å². The summed E-state index contributed by atoms with van der Waals surface area (Å²) in [5.74, 6) is -0.0958.